The van der Waals surface area contributed by atoms with Crippen LogP contribution in [-0.4, -0.2) is 51.7 Å². The summed E-state index contributed by atoms with van der Waals surface area (Å²) in [6.45, 7) is 2.47. The number of rotatable bonds is 7. The van der Waals surface area contributed by atoms with Gasteiger partial charge in [-0.15, -0.1) is 0 Å². The van der Waals surface area contributed by atoms with Gasteiger partial charge in [-0.3, -0.25) is 4.79 Å². The summed E-state index contributed by atoms with van der Waals surface area (Å²) in [5.74, 6) is -0.407. The Balaban J connectivity index is 2.71. The van der Waals surface area contributed by atoms with E-state index in [1.54, 1.807) is 0 Å². The molecule has 0 radical (unpaired) electrons. The molecule has 1 aromatic rings. The van der Waals surface area contributed by atoms with Crippen LogP contribution in [0.2, 0.25) is 0 Å². The first kappa shape index (κ1) is 14.7. The molecule has 0 aromatic heterocycles. The van der Waals surface area contributed by atoms with Crippen molar-refractivity contribution in [3.63, 3.8) is 0 Å². The van der Waals surface area contributed by atoms with Crippen LogP contribution in [0, 0.1) is 0 Å². The summed E-state index contributed by atoms with van der Waals surface area (Å²) < 4.78 is 4.89. The van der Waals surface area contributed by atoms with Crippen LogP contribution in [0.5, 0.6) is 0 Å². The van der Waals surface area contributed by atoms with Crippen molar-refractivity contribution in [1.82, 2.24) is 10.2 Å². The molecule has 0 spiro atoms. The van der Waals surface area contributed by atoms with Crippen molar-refractivity contribution >= 4 is 5.97 Å². The Morgan fingerprint density at radius 2 is 2.06 bits per heavy atom. The minimum Gasteiger partial charge on any atom is -0.469 e. The summed E-state index contributed by atoms with van der Waals surface area (Å²) in [6, 6.07) is 9.77. The molecule has 0 saturated carbocycles. The van der Waals surface area contributed by atoms with Gasteiger partial charge in [0.1, 0.15) is 0 Å². The lowest BCUT2D eigenvalue weighted by Crippen LogP contribution is -2.33. The van der Waals surface area contributed by atoms with E-state index in [4.69, 9.17) is 4.74 Å². The second-order valence-electron chi connectivity index (χ2n) is 4.35. The van der Waals surface area contributed by atoms with Gasteiger partial charge < -0.3 is 15.0 Å². The van der Waals surface area contributed by atoms with Crippen LogP contribution >= 0.6 is 0 Å². The highest BCUT2D eigenvalue weighted by molar-refractivity contribution is 5.78. The zero-order chi connectivity index (χ0) is 13.4. The summed E-state index contributed by atoms with van der Waals surface area (Å²) in [5, 5.41) is 3.10. The Labute approximate surface area is 109 Å². The van der Waals surface area contributed by atoms with Gasteiger partial charge in [0.25, 0.3) is 0 Å². The van der Waals surface area contributed by atoms with Crippen LogP contribution in [0.3, 0.4) is 0 Å². The van der Waals surface area contributed by atoms with Crippen molar-refractivity contribution in [2.24, 2.45) is 0 Å². The molecule has 0 aliphatic heterocycles. The lowest BCUT2D eigenvalue weighted by atomic mass is 9.99. The fraction of sp³-hybridized carbons (Fsp3) is 0.500. The maximum absolute atomic E-state index is 11.9. The van der Waals surface area contributed by atoms with Crippen LogP contribution < -0.4 is 5.32 Å². The third kappa shape index (κ3) is 4.47. The number of esters is 1. The van der Waals surface area contributed by atoms with Gasteiger partial charge in [0.15, 0.2) is 0 Å². The van der Waals surface area contributed by atoms with Crippen LogP contribution in [0.1, 0.15) is 11.5 Å². The molecule has 0 bridgehead atoms. The molecule has 1 aromatic carbocycles. The van der Waals surface area contributed by atoms with Gasteiger partial charge >= 0.3 is 5.97 Å². The Hall–Kier alpha value is -1.39. The van der Waals surface area contributed by atoms with Crippen molar-refractivity contribution in [3.05, 3.63) is 35.9 Å². The van der Waals surface area contributed by atoms with E-state index in [1.165, 1.54) is 7.11 Å². The molecule has 100 valence electrons. The number of nitrogens with one attached hydrogen (secondary N) is 1. The van der Waals surface area contributed by atoms with E-state index < -0.39 is 0 Å². The highest BCUT2D eigenvalue weighted by Crippen LogP contribution is 2.18. The lowest BCUT2D eigenvalue weighted by Gasteiger charge is -2.22. The fourth-order valence-corrected chi connectivity index (χ4v) is 1.85. The van der Waals surface area contributed by atoms with E-state index in [0.29, 0.717) is 6.54 Å². The van der Waals surface area contributed by atoms with E-state index in [0.717, 1.165) is 18.7 Å². The van der Waals surface area contributed by atoms with Crippen LogP contribution in [0.25, 0.3) is 0 Å². The standard InChI is InChI=1S/C14H22N2O2/c1-15-9-10-16(2)11-13(14(17)18-3)12-7-5-4-6-8-12/h4-8,13,15H,9-11H2,1-3H3. The monoisotopic (exact) mass is 250 g/mol. The lowest BCUT2D eigenvalue weighted by molar-refractivity contribution is -0.142. The number of likely N-dealkylation sites (N-methyl/N-ethyl adjacent to an activating group) is 2. The molecule has 4 nitrogen and oxygen atoms in total. The molecule has 1 unspecified atom stereocenters. The van der Waals surface area contributed by atoms with Crippen molar-refractivity contribution in [2.75, 3.05) is 40.8 Å². The number of methoxy groups -OCH3 is 1. The van der Waals surface area contributed by atoms with Crippen molar-refractivity contribution < 1.29 is 9.53 Å². The van der Waals surface area contributed by atoms with Gasteiger partial charge in [0.05, 0.1) is 13.0 Å². The van der Waals surface area contributed by atoms with Gasteiger partial charge in [0, 0.05) is 19.6 Å². The highest BCUT2D eigenvalue weighted by Gasteiger charge is 2.22. The normalized spacial score (nSPS) is 12.4. The second kappa shape index (κ2) is 7.84. The van der Waals surface area contributed by atoms with Gasteiger partial charge in [0.2, 0.25) is 0 Å². The number of benzene rings is 1. The molecule has 0 saturated heterocycles. The molecule has 0 heterocycles. The van der Waals surface area contributed by atoms with E-state index in [1.807, 2.05) is 44.4 Å². The third-order valence-electron chi connectivity index (χ3n) is 2.93. The van der Waals surface area contributed by atoms with E-state index in [9.17, 15) is 4.79 Å². The van der Waals surface area contributed by atoms with Gasteiger partial charge in [-0.1, -0.05) is 30.3 Å². The first-order chi connectivity index (χ1) is 8.69. The molecule has 1 N–H and O–H groups in total. The Morgan fingerprint density at radius 1 is 1.39 bits per heavy atom. The molecule has 18 heavy (non-hydrogen) atoms. The first-order valence-electron chi connectivity index (χ1n) is 6.15. The first-order valence-corrected chi connectivity index (χ1v) is 6.15. The molecule has 4 heteroatoms. The van der Waals surface area contributed by atoms with Crippen LogP contribution in [0.4, 0.5) is 0 Å². The van der Waals surface area contributed by atoms with Gasteiger partial charge in [-0.05, 0) is 19.7 Å². The van der Waals surface area contributed by atoms with Gasteiger partial charge in [-0.25, -0.2) is 0 Å². The minimum absolute atomic E-state index is 0.183. The van der Waals surface area contributed by atoms with Crippen molar-refractivity contribution in [1.29, 1.82) is 0 Å². The topological polar surface area (TPSA) is 41.6 Å². The molecular weight excluding hydrogens is 228 g/mol. The predicted molar refractivity (Wildman–Crippen MR) is 72.6 cm³/mol. The minimum atomic E-state index is -0.224. The smallest absolute Gasteiger partial charge is 0.314 e. The summed E-state index contributed by atoms with van der Waals surface area (Å²) >= 11 is 0. The molecule has 0 aliphatic carbocycles. The molecule has 1 rings (SSSR count). The largest absolute Gasteiger partial charge is 0.469 e. The maximum Gasteiger partial charge on any atom is 0.314 e. The summed E-state index contributed by atoms with van der Waals surface area (Å²) in [5.41, 5.74) is 1.00. The summed E-state index contributed by atoms with van der Waals surface area (Å²) in [4.78, 5) is 14.0. The second-order valence-corrected chi connectivity index (χ2v) is 4.35. The van der Waals surface area contributed by atoms with Crippen LogP contribution in [-0.2, 0) is 9.53 Å². The van der Waals surface area contributed by atoms with Gasteiger partial charge in [-0.2, -0.15) is 0 Å². The Kier molecular flexibility index (Phi) is 6.39. The average molecular weight is 250 g/mol. The molecule has 0 fully saturated rings. The average Bonchev–Trinajstić information content (AvgIpc) is 2.42. The Morgan fingerprint density at radius 3 is 2.61 bits per heavy atom. The quantitative estimate of drug-likeness (QED) is 0.736. The Bertz CT molecular complexity index is 354. The number of nitrogens with zero attached hydrogens (tertiary/aromatic N) is 1. The van der Waals surface area contributed by atoms with E-state index >= 15 is 0 Å². The predicted octanol–water partition coefficient (Wildman–Crippen LogP) is 1.09. The van der Waals surface area contributed by atoms with E-state index in [2.05, 4.69) is 10.2 Å². The highest BCUT2D eigenvalue weighted by atomic mass is 16.5. The van der Waals surface area contributed by atoms with Crippen molar-refractivity contribution in [2.45, 2.75) is 5.92 Å². The van der Waals surface area contributed by atoms with E-state index in [-0.39, 0.29) is 11.9 Å². The number of carbonyl (C=O) groups excluding carboxylic acids is 1. The molecular formula is C14H22N2O2. The van der Waals surface area contributed by atoms with Crippen LogP contribution in [0.15, 0.2) is 30.3 Å². The zero-order valence-electron chi connectivity index (χ0n) is 11.3. The molecule has 0 amide bonds. The number of ether oxygens (including phenoxy) is 1. The summed E-state index contributed by atoms with van der Waals surface area (Å²) in [7, 11) is 5.37. The third-order valence-corrected chi connectivity index (χ3v) is 2.93. The fourth-order valence-electron chi connectivity index (χ4n) is 1.85. The molecule has 1 atom stereocenters. The summed E-state index contributed by atoms with van der Waals surface area (Å²) in [6.07, 6.45) is 0. The number of carbonyl (C=O) groups is 1. The number of hydrogen-bond donors (Lipinski definition) is 1. The van der Waals surface area contributed by atoms with Crippen molar-refractivity contribution in [3.8, 4) is 0 Å². The molecule has 0 aliphatic rings. The SMILES string of the molecule is CNCCN(C)CC(C(=O)OC)c1ccccc1. The maximum atomic E-state index is 11.9. The zero-order valence-corrected chi connectivity index (χ0v) is 11.3. The number of hydrogen-bond acceptors (Lipinski definition) is 4.